The fraction of sp³-hybridized carbons (Fsp3) is 0.364. The molecule has 0 aliphatic rings. The Balaban J connectivity index is 2.06. The van der Waals surface area contributed by atoms with E-state index in [-0.39, 0.29) is 12.3 Å². The van der Waals surface area contributed by atoms with Crippen LogP contribution in [0.1, 0.15) is 31.4 Å². The molecule has 156 valence electrons. The topological polar surface area (TPSA) is 95.9 Å². The lowest BCUT2D eigenvalue weighted by Crippen LogP contribution is -2.48. The van der Waals surface area contributed by atoms with Crippen LogP contribution in [0.25, 0.3) is 0 Å². The van der Waals surface area contributed by atoms with Crippen molar-refractivity contribution in [3.8, 4) is 5.75 Å². The molecule has 2 aromatic rings. The van der Waals surface area contributed by atoms with Crippen molar-refractivity contribution >= 4 is 23.5 Å². The van der Waals surface area contributed by atoms with Crippen molar-refractivity contribution in [1.82, 2.24) is 5.32 Å². The van der Waals surface area contributed by atoms with E-state index in [2.05, 4.69) is 5.32 Å². The van der Waals surface area contributed by atoms with Gasteiger partial charge in [0.2, 0.25) is 0 Å². The van der Waals surface area contributed by atoms with Crippen LogP contribution >= 0.6 is 11.6 Å². The maximum absolute atomic E-state index is 11.7. The predicted molar refractivity (Wildman–Crippen MR) is 111 cm³/mol. The molecule has 0 aliphatic carbocycles. The summed E-state index contributed by atoms with van der Waals surface area (Å²) in [5, 5.41) is 22.3. The highest BCUT2D eigenvalue weighted by molar-refractivity contribution is 6.31. The summed E-state index contributed by atoms with van der Waals surface area (Å²) in [6.45, 7) is 4.08. The highest BCUT2D eigenvalue weighted by Gasteiger charge is 2.26. The van der Waals surface area contributed by atoms with Gasteiger partial charge in [-0.2, -0.15) is 0 Å². The molecular weight excluding hydrogens is 394 g/mol. The number of carboxylic acids is 2. The third-order valence-electron chi connectivity index (χ3n) is 4.40. The second kappa shape index (κ2) is 10.8. The van der Waals surface area contributed by atoms with Crippen LogP contribution in [0, 0.1) is 5.92 Å². The highest BCUT2D eigenvalue weighted by atomic mass is 35.5. The molecule has 0 aromatic heterocycles. The number of carboxylic acid groups (broad SMARTS) is 2. The number of aliphatic carboxylic acids is 2. The third-order valence-corrected chi connectivity index (χ3v) is 4.76. The van der Waals surface area contributed by atoms with Crippen molar-refractivity contribution in [1.29, 1.82) is 0 Å². The Morgan fingerprint density at radius 1 is 1.03 bits per heavy atom. The van der Waals surface area contributed by atoms with Crippen LogP contribution in [-0.4, -0.2) is 34.2 Å². The molecule has 0 saturated heterocycles. The SMILES string of the molecule is CC(C)C[C@H](NC(Cc1cccc(OCc2ccccc2Cl)c1)C(=O)O)C(=O)O. The molecule has 0 amide bonds. The third kappa shape index (κ3) is 7.40. The molecule has 1 unspecified atom stereocenters. The molecule has 7 heteroatoms. The number of carbonyl (C=O) groups is 2. The molecule has 3 N–H and O–H groups in total. The van der Waals surface area contributed by atoms with Crippen LogP contribution in [0.15, 0.2) is 48.5 Å². The monoisotopic (exact) mass is 419 g/mol. The lowest BCUT2D eigenvalue weighted by molar-refractivity contribution is -0.142. The van der Waals surface area contributed by atoms with E-state index in [1.165, 1.54) is 0 Å². The van der Waals surface area contributed by atoms with Gasteiger partial charge in [0.25, 0.3) is 0 Å². The van der Waals surface area contributed by atoms with E-state index in [4.69, 9.17) is 16.3 Å². The second-order valence-corrected chi connectivity index (χ2v) is 7.72. The van der Waals surface area contributed by atoms with Crippen molar-refractivity contribution in [2.45, 2.75) is 45.4 Å². The molecule has 2 rings (SSSR count). The smallest absolute Gasteiger partial charge is 0.321 e. The minimum absolute atomic E-state index is 0.125. The molecule has 2 atom stereocenters. The normalized spacial score (nSPS) is 13.1. The first-order valence-corrected chi connectivity index (χ1v) is 9.81. The van der Waals surface area contributed by atoms with Gasteiger partial charge in [-0.1, -0.05) is 55.8 Å². The summed E-state index contributed by atoms with van der Waals surface area (Å²) in [7, 11) is 0. The van der Waals surface area contributed by atoms with Gasteiger partial charge < -0.3 is 14.9 Å². The maximum atomic E-state index is 11.7. The van der Waals surface area contributed by atoms with Crippen LogP contribution in [-0.2, 0) is 22.6 Å². The first kappa shape index (κ1) is 22.7. The predicted octanol–water partition coefficient (Wildman–Crippen LogP) is 4.00. The largest absolute Gasteiger partial charge is 0.489 e. The molecule has 6 nitrogen and oxygen atoms in total. The Bertz CT molecular complexity index is 839. The standard InChI is InChI=1S/C22H26ClNO5/c1-14(2)10-19(21(25)26)24-20(22(27)28)12-15-6-5-8-17(11-15)29-13-16-7-3-4-9-18(16)23/h3-9,11,14,19-20,24H,10,12-13H2,1-2H3,(H,25,26)(H,27,28)/t19-,20?/m0/s1. The fourth-order valence-corrected chi connectivity index (χ4v) is 3.14. The number of benzene rings is 2. The van der Waals surface area contributed by atoms with Gasteiger partial charge in [-0.05, 0) is 42.5 Å². The summed E-state index contributed by atoms with van der Waals surface area (Å²) < 4.78 is 5.78. The molecule has 0 fully saturated rings. The summed E-state index contributed by atoms with van der Waals surface area (Å²) in [6.07, 6.45) is 0.487. The molecular formula is C22H26ClNO5. The summed E-state index contributed by atoms with van der Waals surface area (Å²) >= 11 is 6.13. The van der Waals surface area contributed by atoms with Crippen molar-refractivity contribution in [2.24, 2.45) is 5.92 Å². The Morgan fingerprint density at radius 3 is 2.34 bits per heavy atom. The number of halogens is 1. The fourth-order valence-electron chi connectivity index (χ4n) is 2.95. The molecule has 0 saturated carbocycles. The van der Waals surface area contributed by atoms with Crippen LogP contribution in [0.5, 0.6) is 5.75 Å². The Morgan fingerprint density at radius 2 is 1.72 bits per heavy atom. The van der Waals surface area contributed by atoms with Gasteiger partial charge in [0.1, 0.15) is 24.4 Å². The lowest BCUT2D eigenvalue weighted by atomic mass is 10.0. The summed E-state index contributed by atoms with van der Waals surface area (Å²) in [5.74, 6) is -1.44. The van der Waals surface area contributed by atoms with E-state index in [0.29, 0.717) is 23.8 Å². The van der Waals surface area contributed by atoms with E-state index < -0.39 is 24.0 Å². The van der Waals surface area contributed by atoms with Crippen LogP contribution in [0.4, 0.5) is 0 Å². The van der Waals surface area contributed by atoms with E-state index in [1.807, 2.05) is 32.0 Å². The van der Waals surface area contributed by atoms with Gasteiger partial charge in [0.05, 0.1) is 0 Å². The minimum atomic E-state index is -1.10. The Kier molecular flexibility index (Phi) is 8.49. The Labute approximate surface area is 175 Å². The average molecular weight is 420 g/mol. The zero-order chi connectivity index (χ0) is 21.4. The number of hydrogen-bond acceptors (Lipinski definition) is 4. The van der Waals surface area contributed by atoms with Gasteiger partial charge >= 0.3 is 11.9 Å². The first-order valence-electron chi connectivity index (χ1n) is 9.43. The van der Waals surface area contributed by atoms with Crippen LogP contribution < -0.4 is 10.1 Å². The molecule has 0 heterocycles. The molecule has 2 aromatic carbocycles. The lowest BCUT2D eigenvalue weighted by Gasteiger charge is -2.22. The van der Waals surface area contributed by atoms with E-state index in [0.717, 1.165) is 11.1 Å². The van der Waals surface area contributed by atoms with E-state index >= 15 is 0 Å². The van der Waals surface area contributed by atoms with Crippen molar-refractivity contribution in [2.75, 3.05) is 0 Å². The molecule has 0 aliphatic heterocycles. The highest BCUT2D eigenvalue weighted by Crippen LogP contribution is 2.20. The average Bonchev–Trinajstić information content (AvgIpc) is 2.66. The van der Waals surface area contributed by atoms with Crippen LogP contribution in [0.3, 0.4) is 0 Å². The summed E-state index contributed by atoms with van der Waals surface area (Å²) in [6, 6.07) is 12.5. The van der Waals surface area contributed by atoms with Crippen molar-refractivity contribution in [3.63, 3.8) is 0 Å². The zero-order valence-electron chi connectivity index (χ0n) is 16.5. The first-order chi connectivity index (χ1) is 13.8. The molecule has 0 spiro atoms. The zero-order valence-corrected chi connectivity index (χ0v) is 17.2. The molecule has 0 bridgehead atoms. The maximum Gasteiger partial charge on any atom is 0.321 e. The summed E-state index contributed by atoms with van der Waals surface area (Å²) in [5.41, 5.74) is 1.58. The number of rotatable bonds is 11. The van der Waals surface area contributed by atoms with Gasteiger partial charge in [-0.3, -0.25) is 14.9 Å². The van der Waals surface area contributed by atoms with Gasteiger partial charge in [0.15, 0.2) is 0 Å². The van der Waals surface area contributed by atoms with Gasteiger partial charge in [-0.15, -0.1) is 0 Å². The van der Waals surface area contributed by atoms with Crippen molar-refractivity contribution in [3.05, 3.63) is 64.7 Å². The quantitative estimate of drug-likeness (QED) is 0.509. The molecule has 29 heavy (non-hydrogen) atoms. The second-order valence-electron chi connectivity index (χ2n) is 7.31. The van der Waals surface area contributed by atoms with Crippen LogP contribution in [0.2, 0.25) is 5.02 Å². The number of nitrogens with one attached hydrogen (secondary N) is 1. The van der Waals surface area contributed by atoms with E-state index in [1.54, 1.807) is 30.3 Å². The van der Waals surface area contributed by atoms with Gasteiger partial charge in [-0.25, -0.2) is 0 Å². The number of hydrogen-bond donors (Lipinski definition) is 3. The Hall–Kier alpha value is -2.57. The molecule has 0 radical (unpaired) electrons. The van der Waals surface area contributed by atoms with E-state index in [9.17, 15) is 19.8 Å². The van der Waals surface area contributed by atoms with Gasteiger partial charge in [0, 0.05) is 10.6 Å². The summed E-state index contributed by atoms with van der Waals surface area (Å²) in [4.78, 5) is 23.1. The van der Waals surface area contributed by atoms with Crippen molar-refractivity contribution < 1.29 is 24.5 Å². The number of ether oxygens (including phenoxy) is 1. The minimum Gasteiger partial charge on any atom is -0.489 e.